The molecule has 0 bridgehead atoms. The first kappa shape index (κ1) is 29.5. The van der Waals surface area contributed by atoms with E-state index in [9.17, 15) is 27.7 Å². The Morgan fingerprint density at radius 3 is 1.88 bits per heavy atom. The number of esters is 1. The summed E-state index contributed by atoms with van der Waals surface area (Å²) >= 11 is 1.84. The van der Waals surface area contributed by atoms with Gasteiger partial charge in [-0.3, -0.25) is 28.0 Å². The highest BCUT2D eigenvalue weighted by Crippen LogP contribution is 2.53. The summed E-state index contributed by atoms with van der Waals surface area (Å²) in [5, 5.41) is -0.368. The van der Waals surface area contributed by atoms with Gasteiger partial charge in [0.25, 0.3) is 6.43 Å². The molecule has 1 aliphatic heterocycles. The van der Waals surface area contributed by atoms with Crippen molar-refractivity contribution in [3.05, 3.63) is 0 Å². The number of thioether (sulfide) groups is 2. The number of halogens is 2. The lowest BCUT2D eigenvalue weighted by atomic mass is 9.83. The van der Waals surface area contributed by atoms with Crippen molar-refractivity contribution in [3.8, 4) is 0 Å². The SMILES string of the molecule is CC(=O)OC1[C@@H](OP(=O)(OCCSC(C)=O)OCCSC(C)=O)OC(C(F)F)[C@@H](C)[C@@H]1C. The molecule has 0 spiro atoms. The third kappa shape index (κ3) is 10.1. The number of carbonyl (C=O) groups is 3. The first-order valence-corrected chi connectivity index (χ1v) is 13.2. The van der Waals surface area contributed by atoms with Crippen LogP contribution in [-0.2, 0) is 42.0 Å². The van der Waals surface area contributed by atoms with E-state index < -0.39 is 50.6 Å². The molecule has 32 heavy (non-hydrogen) atoms. The van der Waals surface area contributed by atoms with Gasteiger partial charge >= 0.3 is 13.8 Å². The molecule has 1 rings (SSSR count). The Kier molecular flexibility index (Phi) is 12.9. The van der Waals surface area contributed by atoms with Crippen LogP contribution in [0.3, 0.4) is 0 Å². The molecule has 1 fully saturated rings. The van der Waals surface area contributed by atoms with Crippen molar-refractivity contribution in [2.24, 2.45) is 11.8 Å². The lowest BCUT2D eigenvalue weighted by Crippen LogP contribution is -2.53. The van der Waals surface area contributed by atoms with Gasteiger partial charge < -0.3 is 9.47 Å². The molecule has 186 valence electrons. The lowest BCUT2D eigenvalue weighted by molar-refractivity contribution is -0.271. The van der Waals surface area contributed by atoms with Gasteiger partial charge in [0.2, 0.25) is 6.29 Å². The topological polar surface area (TPSA) is 114 Å². The van der Waals surface area contributed by atoms with Crippen LogP contribution in [0.4, 0.5) is 8.78 Å². The molecule has 2 unspecified atom stereocenters. The highest BCUT2D eigenvalue weighted by atomic mass is 32.2. The number of hydrogen-bond donors (Lipinski definition) is 0. The second-order valence-corrected chi connectivity index (χ2v) is 11.2. The van der Waals surface area contributed by atoms with Gasteiger partial charge in [-0.2, -0.15) is 0 Å². The Morgan fingerprint density at radius 1 is 0.969 bits per heavy atom. The third-order valence-electron chi connectivity index (χ3n) is 4.48. The van der Waals surface area contributed by atoms with Crippen LogP contribution in [0.15, 0.2) is 0 Å². The van der Waals surface area contributed by atoms with Gasteiger partial charge in [-0.1, -0.05) is 37.4 Å². The second kappa shape index (κ2) is 14.0. The van der Waals surface area contributed by atoms with Crippen LogP contribution in [0.5, 0.6) is 0 Å². The molecule has 0 amide bonds. The number of phosphoric acid groups is 1. The number of alkyl halides is 2. The summed E-state index contributed by atoms with van der Waals surface area (Å²) in [6, 6.07) is 0. The summed E-state index contributed by atoms with van der Waals surface area (Å²) in [6.07, 6.45) is -7.21. The van der Waals surface area contributed by atoms with Crippen molar-refractivity contribution in [2.75, 3.05) is 24.7 Å². The predicted octanol–water partition coefficient (Wildman–Crippen LogP) is 3.90. The van der Waals surface area contributed by atoms with E-state index >= 15 is 0 Å². The molecule has 1 aliphatic rings. The van der Waals surface area contributed by atoms with Crippen molar-refractivity contribution >= 4 is 47.5 Å². The predicted molar refractivity (Wildman–Crippen MR) is 115 cm³/mol. The van der Waals surface area contributed by atoms with E-state index in [4.69, 9.17) is 23.0 Å². The molecule has 0 aromatic rings. The summed E-state index contributed by atoms with van der Waals surface area (Å²) in [4.78, 5) is 33.7. The highest BCUT2D eigenvalue weighted by molar-refractivity contribution is 8.13. The maximum absolute atomic E-state index is 13.5. The van der Waals surface area contributed by atoms with Crippen LogP contribution in [-0.4, -0.2) is 65.8 Å². The van der Waals surface area contributed by atoms with Crippen molar-refractivity contribution in [1.82, 2.24) is 0 Å². The van der Waals surface area contributed by atoms with Crippen LogP contribution >= 0.6 is 31.3 Å². The fourth-order valence-corrected chi connectivity index (χ4v) is 5.23. The lowest BCUT2D eigenvalue weighted by Gasteiger charge is -2.43. The van der Waals surface area contributed by atoms with Gasteiger partial charge in [-0.15, -0.1) is 0 Å². The van der Waals surface area contributed by atoms with Gasteiger partial charge in [-0.05, 0) is 5.92 Å². The summed E-state index contributed by atoms with van der Waals surface area (Å²) in [5.41, 5.74) is 0. The Morgan fingerprint density at radius 2 is 1.47 bits per heavy atom. The summed E-state index contributed by atoms with van der Waals surface area (Å²) in [6.45, 7) is 6.53. The van der Waals surface area contributed by atoms with Gasteiger partial charge in [0.1, 0.15) is 6.10 Å². The quantitative estimate of drug-likeness (QED) is 0.211. The molecule has 0 N–H and O–H groups in total. The number of phosphoric ester groups is 1. The maximum Gasteiger partial charge on any atom is 0.477 e. The number of ether oxygens (including phenoxy) is 2. The van der Waals surface area contributed by atoms with E-state index in [1.54, 1.807) is 6.92 Å². The molecule has 0 radical (unpaired) electrons. The average Bonchev–Trinajstić information content (AvgIpc) is 2.67. The van der Waals surface area contributed by atoms with E-state index in [0.29, 0.717) is 0 Å². The Hall–Kier alpha value is -0.560. The fourth-order valence-electron chi connectivity index (χ4n) is 2.82. The summed E-state index contributed by atoms with van der Waals surface area (Å²) < 4.78 is 66.6. The monoisotopic (exact) mass is 522 g/mol. The Balaban J connectivity index is 3.02. The zero-order valence-electron chi connectivity index (χ0n) is 18.5. The first-order chi connectivity index (χ1) is 14.9. The standard InChI is InChI=1S/C18H29F2O9PS2/c1-10-11(2)16(27-12(3)21)18(28-15(10)17(19)20)29-30(24,25-6-8-31-13(4)22)26-7-9-32-14(5)23/h10-11,15-18H,6-9H2,1-5H3/t10-,11-,15?,16?,18+/m0/s1. The molecule has 1 heterocycles. The summed E-state index contributed by atoms with van der Waals surface area (Å²) in [7, 11) is -4.40. The van der Waals surface area contributed by atoms with Crippen LogP contribution in [0, 0.1) is 11.8 Å². The molecule has 0 aliphatic carbocycles. The number of carbonyl (C=O) groups excluding carboxylic acids is 3. The van der Waals surface area contributed by atoms with E-state index in [1.165, 1.54) is 20.8 Å². The van der Waals surface area contributed by atoms with Crippen molar-refractivity contribution in [1.29, 1.82) is 0 Å². The molecule has 5 atom stereocenters. The zero-order chi connectivity index (χ0) is 24.5. The van der Waals surface area contributed by atoms with Crippen molar-refractivity contribution in [3.63, 3.8) is 0 Å². The normalized spacial score (nSPS) is 26.2. The highest BCUT2D eigenvalue weighted by Gasteiger charge is 2.50. The first-order valence-electron chi connectivity index (χ1n) is 9.81. The molecule has 0 aromatic heterocycles. The second-order valence-electron chi connectivity index (χ2n) is 6.99. The van der Waals surface area contributed by atoms with Crippen LogP contribution < -0.4 is 0 Å². The minimum atomic E-state index is -4.40. The van der Waals surface area contributed by atoms with Gasteiger partial charge in [0.15, 0.2) is 16.3 Å². The molecular formula is C18H29F2O9PS2. The smallest absolute Gasteiger partial charge is 0.457 e. The molecule has 14 heteroatoms. The zero-order valence-corrected chi connectivity index (χ0v) is 21.0. The molecule has 0 saturated carbocycles. The van der Waals surface area contributed by atoms with E-state index in [0.717, 1.165) is 30.4 Å². The van der Waals surface area contributed by atoms with E-state index in [1.807, 2.05) is 0 Å². The Bertz CT molecular complexity index is 671. The van der Waals surface area contributed by atoms with Crippen molar-refractivity contribution in [2.45, 2.75) is 59.5 Å². The molecule has 9 nitrogen and oxygen atoms in total. The van der Waals surface area contributed by atoms with Crippen LogP contribution in [0.2, 0.25) is 0 Å². The van der Waals surface area contributed by atoms with Crippen LogP contribution in [0.1, 0.15) is 34.6 Å². The Labute approximate surface area is 194 Å². The fraction of sp³-hybridized carbons (Fsp3) is 0.833. The minimum Gasteiger partial charge on any atom is -0.457 e. The third-order valence-corrected chi connectivity index (χ3v) is 7.50. The largest absolute Gasteiger partial charge is 0.477 e. The van der Waals surface area contributed by atoms with E-state index in [2.05, 4.69) is 0 Å². The molecule has 0 aromatic carbocycles. The molecule has 1 saturated heterocycles. The van der Waals surface area contributed by atoms with Gasteiger partial charge in [-0.25, -0.2) is 13.3 Å². The van der Waals surface area contributed by atoms with Crippen LogP contribution in [0.25, 0.3) is 0 Å². The number of rotatable bonds is 12. The summed E-state index contributed by atoms with van der Waals surface area (Å²) in [5.74, 6) is -1.74. The van der Waals surface area contributed by atoms with Gasteiger partial charge in [0, 0.05) is 38.2 Å². The van der Waals surface area contributed by atoms with Crippen molar-refractivity contribution < 1.29 is 50.8 Å². The minimum absolute atomic E-state index is 0.139. The van der Waals surface area contributed by atoms with E-state index in [-0.39, 0.29) is 35.0 Å². The molecular weight excluding hydrogens is 493 g/mol. The van der Waals surface area contributed by atoms with Gasteiger partial charge in [0.05, 0.1) is 13.2 Å². The number of hydrogen-bond acceptors (Lipinski definition) is 11. The average molecular weight is 523 g/mol. The maximum atomic E-state index is 13.5.